The molecule has 6 heteroatoms. The fourth-order valence-electron chi connectivity index (χ4n) is 2.15. The van der Waals surface area contributed by atoms with Gasteiger partial charge in [-0.05, 0) is 41.3 Å². The van der Waals surface area contributed by atoms with Gasteiger partial charge in [0.2, 0.25) is 0 Å². The highest BCUT2D eigenvalue weighted by Crippen LogP contribution is 2.20. The molecule has 25 heavy (non-hydrogen) atoms. The van der Waals surface area contributed by atoms with Crippen molar-refractivity contribution < 1.29 is 23.0 Å². The zero-order chi connectivity index (χ0) is 18.2. The first kappa shape index (κ1) is 18.7. The third-order valence-electron chi connectivity index (χ3n) is 3.53. The van der Waals surface area contributed by atoms with Crippen LogP contribution in [-0.2, 0) is 11.3 Å². The van der Waals surface area contributed by atoms with Gasteiger partial charge in [-0.25, -0.2) is 0 Å². The summed E-state index contributed by atoms with van der Waals surface area (Å²) >= 11 is 0. The van der Waals surface area contributed by atoms with Gasteiger partial charge in [0.25, 0.3) is 5.91 Å². The summed E-state index contributed by atoms with van der Waals surface area (Å²) in [4.78, 5) is 11.9. The van der Waals surface area contributed by atoms with Crippen molar-refractivity contribution in [1.82, 2.24) is 5.32 Å². The molecule has 0 aromatic heterocycles. The van der Waals surface area contributed by atoms with Crippen molar-refractivity contribution in [1.29, 1.82) is 0 Å². The van der Waals surface area contributed by atoms with E-state index in [1.165, 1.54) is 12.1 Å². The van der Waals surface area contributed by atoms with E-state index in [0.29, 0.717) is 11.7 Å². The molecular formula is C19H21F2NO3. The summed E-state index contributed by atoms with van der Waals surface area (Å²) in [7, 11) is 0. The van der Waals surface area contributed by atoms with Crippen molar-refractivity contribution >= 4 is 5.91 Å². The van der Waals surface area contributed by atoms with E-state index in [2.05, 4.69) is 23.9 Å². The lowest BCUT2D eigenvalue weighted by Gasteiger charge is -2.10. The second kappa shape index (κ2) is 9.01. The number of ether oxygens (including phenoxy) is 2. The van der Waals surface area contributed by atoms with Crippen molar-refractivity contribution in [3.05, 3.63) is 59.7 Å². The van der Waals surface area contributed by atoms with Crippen molar-refractivity contribution in [3.63, 3.8) is 0 Å². The number of benzene rings is 2. The fraction of sp³-hybridized carbons (Fsp3) is 0.316. The van der Waals surface area contributed by atoms with E-state index in [-0.39, 0.29) is 24.8 Å². The average Bonchev–Trinajstić information content (AvgIpc) is 2.59. The summed E-state index contributed by atoms with van der Waals surface area (Å²) in [6.07, 6.45) is 0. The lowest BCUT2D eigenvalue weighted by Crippen LogP contribution is -2.28. The Morgan fingerprint density at radius 1 is 1.08 bits per heavy atom. The maximum Gasteiger partial charge on any atom is 0.387 e. The van der Waals surface area contributed by atoms with Crippen LogP contribution in [-0.4, -0.2) is 19.1 Å². The Labute approximate surface area is 145 Å². The van der Waals surface area contributed by atoms with Gasteiger partial charge in [0, 0.05) is 6.54 Å². The number of carbonyl (C=O) groups is 1. The van der Waals surface area contributed by atoms with Crippen LogP contribution in [0, 0.1) is 0 Å². The summed E-state index contributed by atoms with van der Waals surface area (Å²) in [6, 6.07) is 13.7. The number of alkyl halides is 2. The predicted molar refractivity (Wildman–Crippen MR) is 90.9 cm³/mol. The Kier molecular flexibility index (Phi) is 6.74. The second-order valence-electron chi connectivity index (χ2n) is 5.82. The SMILES string of the molecule is CC(C)c1cccc(OCC(=O)NCc2ccc(OC(F)F)cc2)c1. The molecule has 0 saturated carbocycles. The molecule has 0 aliphatic heterocycles. The molecule has 2 rings (SSSR count). The molecule has 0 heterocycles. The largest absolute Gasteiger partial charge is 0.484 e. The standard InChI is InChI=1S/C19H21F2NO3/c1-13(2)15-4-3-5-17(10-15)24-12-18(23)22-11-14-6-8-16(9-7-14)25-19(20)21/h3-10,13,19H,11-12H2,1-2H3,(H,22,23). The molecule has 4 nitrogen and oxygen atoms in total. The number of hydrogen-bond donors (Lipinski definition) is 1. The third kappa shape index (κ3) is 6.41. The molecule has 134 valence electrons. The van der Waals surface area contributed by atoms with Crippen LogP contribution in [0.2, 0.25) is 0 Å². The smallest absolute Gasteiger partial charge is 0.387 e. The number of carbonyl (C=O) groups excluding carboxylic acids is 1. The molecule has 0 spiro atoms. The van der Waals surface area contributed by atoms with Crippen LogP contribution < -0.4 is 14.8 Å². The summed E-state index contributed by atoms with van der Waals surface area (Å²) < 4.78 is 33.9. The Morgan fingerprint density at radius 3 is 2.44 bits per heavy atom. The van der Waals surface area contributed by atoms with Crippen LogP contribution in [0.4, 0.5) is 8.78 Å². The normalized spacial score (nSPS) is 10.8. The number of nitrogens with one attached hydrogen (secondary N) is 1. The van der Waals surface area contributed by atoms with Crippen LogP contribution in [0.3, 0.4) is 0 Å². The van der Waals surface area contributed by atoms with E-state index in [9.17, 15) is 13.6 Å². The quantitative estimate of drug-likeness (QED) is 0.780. The van der Waals surface area contributed by atoms with Gasteiger partial charge in [0.15, 0.2) is 6.61 Å². The van der Waals surface area contributed by atoms with E-state index < -0.39 is 6.61 Å². The molecule has 2 aromatic carbocycles. The van der Waals surface area contributed by atoms with E-state index >= 15 is 0 Å². The zero-order valence-corrected chi connectivity index (χ0v) is 14.2. The van der Waals surface area contributed by atoms with E-state index in [0.717, 1.165) is 11.1 Å². The van der Waals surface area contributed by atoms with Crippen molar-refractivity contribution in [2.45, 2.75) is 32.9 Å². The highest BCUT2D eigenvalue weighted by Gasteiger charge is 2.06. The predicted octanol–water partition coefficient (Wildman–Crippen LogP) is 4.11. The summed E-state index contributed by atoms with van der Waals surface area (Å²) in [6.45, 7) is 1.52. The molecule has 0 atom stereocenters. The second-order valence-corrected chi connectivity index (χ2v) is 5.82. The molecule has 0 bridgehead atoms. The van der Waals surface area contributed by atoms with Gasteiger partial charge in [-0.1, -0.05) is 38.1 Å². The highest BCUT2D eigenvalue weighted by atomic mass is 19.3. The third-order valence-corrected chi connectivity index (χ3v) is 3.53. The minimum Gasteiger partial charge on any atom is -0.484 e. The highest BCUT2D eigenvalue weighted by molar-refractivity contribution is 5.77. The molecule has 0 saturated heterocycles. The Hall–Kier alpha value is -2.63. The lowest BCUT2D eigenvalue weighted by atomic mass is 10.0. The molecule has 2 aromatic rings. The molecule has 0 radical (unpaired) electrons. The van der Waals surface area contributed by atoms with Crippen molar-refractivity contribution in [3.8, 4) is 11.5 Å². The van der Waals surface area contributed by atoms with E-state index in [1.807, 2.05) is 18.2 Å². The molecule has 0 aliphatic carbocycles. The summed E-state index contributed by atoms with van der Waals surface area (Å²) in [5, 5.41) is 2.71. The van der Waals surface area contributed by atoms with Crippen LogP contribution >= 0.6 is 0 Å². The van der Waals surface area contributed by atoms with Crippen LogP contribution in [0.1, 0.15) is 30.9 Å². The van der Waals surface area contributed by atoms with Gasteiger partial charge >= 0.3 is 6.61 Å². The van der Waals surface area contributed by atoms with Crippen LogP contribution in [0.25, 0.3) is 0 Å². The lowest BCUT2D eigenvalue weighted by molar-refractivity contribution is -0.123. The first-order valence-electron chi connectivity index (χ1n) is 7.97. The first-order valence-corrected chi connectivity index (χ1v) is 7.97. The van der Waals surface area contributed by atoms with Crippen molar-refractivity contribution in [2.75, 3.05) is 6.61 Å². The van der Waals surface area contributed by atoms with Crippen LogP contribution in [0.5, 0.6) is 11.5 Å². The molecule has 0 fully saturated rings. The Bertz CT molecular complexity index is 687. The summed E-state index contributed by atoms with van der Waals surface area (Å²) in [5.41, 5.74) is 1.92. The Morgan fingerprint density at radius 2 is 1.80 bits per heavy atom. The van der Waals surface area contributed by atoms with Gasteiger partial charge in [-0.15, -0.1) is 0 Å². The van der Waals surface area contributed by atoms with Gasteiger partial charge in [0.1, 0.15) is 11.5 Å². The number of rotatable bonds is 8. The van der Waals surface area contributed by atoms with Gasteiger partial charge in [-0.2, -0.15) is 8.78 Å². The molecule has 1 N–H and O–H groups in total. The average molecular weight is 349 g/mol. The minimum atomic E-state index is -2.85. The molecule has 1 amide bonds. The van der Waals surface area contributed by atoms with Crippen molar-refractivity contribution in [2.24, 2.45) is 0 Å². The molecule has 0 unspecified atom stereocenters. The topological polar surface area (TPSA) is 47.6 Å². The zero-order valence-electron chi connectivity index (χ0n) is 14.2. The van der Waals surface area contributed by atoms with Crippen LogP contribution in [0.15, 0.2) is 48.5 Å². The molecular weight excluding hydrogens is 328 g/mol. The van der Waals surface area contributed by atoms with Gasteiger partial charge in [-0.3, -0.25) is 4.79 Å². The van der Waals surface area contributed by atoms with E-state index in [1.54, 1.807) is 18.2 Å². The minimum absolute atomic E-state index is 0.0819. The number of hydrogen-bond acceptors (Lipinski definition) is 3. The maximum atomic E-state index is 12.1. The first-order chi connectivity index (χ1) is 11.9. The maximum absolute atomic E-state index is 12.1. The van der Waals surface area contributed by atoms with Gasteiger partial charge < -0.3 is 14.8 Å². The van der Waals surface area contributed by atoms with Gasteiger partial charge in [0.05, 0.1) is 0 Å². The monoisotopic (exact) mass is 349 g/mol. The fourth-order valence-corrected chi connectivity index (χ4v) is 2.15. The van der Waals surface area contributed by atoms with E-state index in [4.69, 9.17) is 4.74 Å². The molecule has 0 aliphatic rings. The number of halogens is 2. The summed E-state index contributed by atoms with van der Waals surface area (Å²) in [5.74, 6) is 0.852. The number of amides is 1. The Balaban J connectivity index is 1.78.